The summed E-state index contributed by atoms with van der Waals surface area (Å²) >= 11 is 12.1. The highest BCUT2D eigenvalue weighted by Crippen LogP contribution is 2.37. The summed E-state index contributed by atoms with van der Waals surface area (Å²) in [6.07, 6.45) is 0. The molecule has 4 nitrogen and oxygen atoms in total. The molecule has 2 rings (SSSR count). The summed E-state index contributed by atoms with van der Waals surface area (Å²) in [6, 6.07) is 14.3. The van der Waals surface area contributed by atoms with Gasteiger partial charge in [-0.25, -0.2) is 0 Å². The van der Waals surface area contributed by atoms with Crippen molar-refractivity contribution < 1.29 is 14.3 Å². The van der Waals surface area contributed by atoms with Gasteiger partial charge in [0.15, 0.2) is 5.92 Å². The van der Waals surface area contributed by atoms with E-state index in [1.807, 2.05) is 6.07 Å². The Hall–Kier alpha value is -2.22. The molecule has 0 fully saturated rings. The fourth-order valence-electron chi connectivity index (χ4n) is 2.61. The van der Waals surface area contributed by atoms with Gasteiger partial charge >= 0.3 is 5.97 Å². The van der Waals surface area contributed by atoms with Crippen LogP contribution in [0.2, 0.25) is 10.0 Å². The van der Waals surface area contributed by atoms with Crippen molar-refractivity contribution in [3.8, 4) is 11.8 Å². The van der Waals surface area contributed by atoms with Gasteiger partial charge in [0.25, 0.3) is 0 Å². The van der Waals surface area contributed by atoms with Crippen molar-refractivity contribution in [2.75, 3.05) is 13.7 Å². The highest BCUT2D eigenvalue weighted by Gasteiger charge is 2.33. The van der Waals surface area contributed by atoms with Crippen LogP contribution >= 0.6 is 23.2 Å². The molecule has 0 heterocycles. The number of benzene rings is 2. The zero-order chi connectivity index (χ0) is 18.4. The summed E-state index contributed by atoms with van der Waals surface area (Å²) in [5.74, 6) is -1.54. The third kappa shape index (κ3) is 4.45. The maximum absolute atomic E-state index is 12.3. The van der Waals surface area contributed by atoms with Crippen LogP contribution in [0.3, 0.4) is 0 Å². The summed E-state index contributed by atoms with van der Waals surface area (Å²) in [6.45, 7) is 1.90. The van der Waals surface area contributed by atoms with Gasteiger partial charge < -0.3 is 9.47 Å². The van der Waals surface area contributed by atoms with E-state index in [0.717, 1.165) is 5.56 Å². The van der Waals surface area contributed by atoms with E-state index in [0.29, 0.717) is 21.4 Å². The number of hydrogen-bond donors (Lipinski definition) is 0. The van der Waals surface area contributed by atoms with Crippen LogP contribution in [-0.4, -0.2) is 19.7 Å². The van der Waals surface area contributed by atoms with Crippen molar-refractivity contribution in [3.63, 3.8) is 0 Å². The first-order valence-corrected chi connectivity index (χ1v) is 8.42. The molecule has 0 aliphatic heterocycles. The summed E-state index contributed by atoms with van der Waals surface area (Å²) in [4.78, 5) is 12.3. The number of esters is 1. The van der Waals surface area contributed by atoms with Crippen molar-refractivity contribution in [3.05, 3.63) is 63.6 Å². The molecule has 25 heavy (non-hydrogen) atoms. The van der Waals surface area contributed by atoms with E-state index in [9.17, 15) is 10.1 Å². The molecular weight excluding hydrogens is 361 g/mol. The van der Waals surface area contributed by atoms with Gasteiger partial charge in [-0.2, -0.15) is 5.26 Å². The molecule has 0 aliphatic carbocycles. The SMILES string of the molecule is CCOC(=O)[C@H](C#N)[C@@H](c1cccc(OC)c1)c1ccc(Cl)c(Cl)c1. The number of rotatable bonds is 6. The second-order valence-electron chi connectivity index (χ2n) is 5.29. The van der Waals surface area contributed by atoms with Crippen LogP contribution in [-0.2, 0) is 9.53 Å². The Bertz CT molecular complexity index is 801. The van der Waals surface area contributed by atoms with Gasteiger partial charge in [-0.3, -0.25) is 4.79 Å². The zero-order valence-corrected chi connectivity index (χ0v) is 15.3. The molecule has 6 heteroatoms. The minimum atomic E-state index is -1.02. The van der Waals surface area contributed by atoms with Gasteiger partial charge in [-0.05, 0) is 42.3 Å². The first-order valence-electron chi connectivity index (χ1n) is 7.67. The lowest BCUT2D eigenvalue weighted by Crippen LogP contribution is -2.24. The molecular formula is C19H17Cl2NO3. The molecule has 0 radical (unpaired) electrons. The number of ether oxygens (including phenoxy) is 2. The summed E-state index contributed by atoms with van der Waals surface area (Å²) in [7, 11) is 1.56. The third-order valence-corrected chi connectivity index (χ3v) is 4.51. The van der Waals surface area contributed by atoms with Gasteiger partial charge in [0, 0.05) is 5.92 Å². The number of carbonyl (C=O) groups excluding carboxylic acids is 1. The number of nitriles is 1. The third-order valence-electron chi connectivity index (χ3n) is 3.77. The molecule has 0 spiro atoms. The topological polar surface area (TPSA) is 59.3 Å². The Kier molecular flexibility index (Phi) is 6.69. The van der Waals surface area contributed by atoms with Crippen LogP contribution in [0.1, 0.15) is 24.0 Å². The summed E-state index contributed by atoms with van der Waals surface area (Å²) in [5.41, 5.74) is 1.44. The van der Waals surface area contributed by atoms with Gasteiger partial charge in [-0.1, -0.05) is 41.4 Å². The molecule has 2 aromatic rings. The quantitative estimate of drug-likeness (QED) is 0.675. The average molecular weight is 378 g/mol. The molecule has 0 saturated carbocycles. The van der Waals surface area contributed by atoms with Crippen molar-refractivity contribution >= 4 is 29.2 Å². The van der Waals surface area contributed by atoms with E-state index in [2.05, 4.69) is 6.07 Å². The van der Waals surface area contributed by atoms with Crippen molar-refractivity contribution in [1.82, 2.24) is 0 Å². The molecule has 0 aliphatic rings. The van der Waals surface area contributed by atoms with Crippen LogP contribution in [0.4, 0.5) is 0 Å². The minimum absolute atomic E-state index is 0.198. The van der Waals surface area contributed by atoms with Crippen molar-refractivity contribution in [2.24, 2.45) is 5.92 Å². The van der Waals surface area contributed by atoms with E-state index >= 15 is 0 Å². The van der Waals surface area contributed by atoms with Crippen LogP contribution in [0.5, 0.6) is 5.75 Å². The normalized spacial score (nSPS) is 12.8. The maximum Gasteiger partial charge on any atom is 0.324 e. The summed E-state index contributed by atoms with van der Waals surface area (Å²) < 4.78 is 10.3. The molecule has 0 unspecified atom stereocenters. The van der Waals surface area contributed by atoms with E-state index in [4.69, 9.17) is 32.7 Å². The highest BCUT2D eigenvalue weighted by molar-refractivity contribution is 6.42. The Morgan fingerprint density at radius 2 is 1.88 bits per heavy atom. The first-order chi connectivity index (χ1) is 12.0. The fourth-order valence-corrected chi connectivity index (χ4v) is 2.92. The van der Waals surface area contributed by atoms with E-state index in [1.54, 1.807) is 50.4 Å². The molecule has 0 bridgehead atoms. The Morgan fingerprint density at radius 3 is 2.48 bits per heavy atom. The van der Waals surface area contributed by atoms with E-state index < -0.39 is 17.8 Å². The fraction of sp³-hybridized carbons (Fsp3) is 0.263. The van der Waals surface area contributed by atoms with Gasteiger partial charge in [-0.15, -0.1) is 0 Å². The van der Waals surface area contributed by atoms with Crippen molar-refractivity contribution in [2.45, 2.75) is 12.8 Å². The number of nitrogens with zero attached hydrogens (tertiary/aromatic N) is 1. The van der Waals surface area contributed by atoms with Crippen LogP contribution < -0.4 is 4.74 Å². The molecule has 0 amide bonds. The molecule has 0 saturated heterocycles. The summed E-state index contributed by atoms with van der Waals surface area (Å²) in [5, 5.41) is 10.4. The lowest BCUT2D eigenvalue weighted by atomic mass is 9.81. The molecule has 2 aromatic carbocycles. The molecule has 130 valence electrons. The number of halogens is 2. The number of carbonyl (C=O) groups is 1. The Labute approximate surface area is 156 Å². The first kappa shape index (κ1) is 19.1. The smallest absolute Gasteiger partial charge is 0.324 e. The van der Waals surface area contributed by atoms with Crippen LogP contribution in [0.25, 0.3) is 0 Å². The number of methoxy groups -OCH3 is 1. The van der Waals surface area contributed by atoms with Crippen molar-refractivity contribution in [1.29, 1.82) is 5.26 Å². The lowest BCUT2D eigenvalue weighted by molar-refractivity contribution is -0.146. The molecule has 0 N–H and O–H groups in total. The minimum Gasteiger partial charge on any atom is -0.497 e. The van der Waals surface area contributed by atoms with Gasteiger partial charge in [0.1, 0.15) is 5.75 Å². The highest BCUT2D eigenvalue weighted by atomic mass is 35.5. The number of hydrogen-bond acceptors (Lipinski definition) is 4. The van der Waals surface area contributed by atoms with E-state index in [-0.39, 0.29) is 6.61 Å². The predicted octanol–water partition coefficient (Wildman–Crippen LogP) is 4.84. The molecule has 2 atom stereocenters. The maximum atomic E-state index is 12.3. The van der Waals surface area contributed by atoms with Gasteiger partial charge in [0.2, 0.25) is 0 Å². The van der Waals surface area contributed by atoms with Crippen LogP contribution in [0, 0.1) is 17.2 Å². The lowest BCUT2D eigenvalue weighted by Gasteiger charge is -2.22. The monoisotopic (exact) mass is 377 g/mol. The van der Waals surface area contributed by atoms with Gasteiger partial charge in [0.05, 0.1) is 29.8 Å². The second-order valence-corrected chi connectivity index (χ2v) is 6.10. The van der Waals surface area contributed by atoms with E-state index in [1.165, 1.54) is 0 Å². The second kappa shape index (κ2) is 8.75. The average Bonchev–Trinajstić information content (AvgIpc) is 2.62. The standard InChI is InChI=1S/C19H17Cl2NO3/c1-3-25-19(23)15(11-22)18(12-5-4-6-14(9-12)24-2)13-7-8-16(20)17(21)10-13/h4-10,15,18H,3H2,1-2H3/t15-,18+/m1/s1. The zero-order valence-electron chi connectivity index (χ0n) is 13.8. The van der Waals surface area contributed by atoms with Crippen LogP contribution in [0.15, 0.2) is 42.5 Å². The molecule has 0 aromatic heterocycles. The predicted molar refractivity (Wildman–Crippen MR) is 97.0 cm³/mol. The Morgan fingerprint density at radius 1 is 1.16 bits per heavy atom. The Balaban J connectivity index is 2.59. The largest absolute Gasteiger partial charge is 0.497 e.